The molecule has 1 aromatic heterocycles. The minimum Gasteiger partial charge on any atom is -0.497 e. The lowest BCUT2D eigenvalue weighted by atomic mass is 10.1. The van der Waals surface area contributed by atoms with Gasteiger partial charge in [0.1, 0.15) is 5.75 Å². The van der Waals surface area contributed by atoms with Gasteiger partial charge in [0.05, 0.1) is 24.8 Å². The summed E-state index contributed by atoms with van der Waals surface area (Å²) in [5.41, 5.74) is 1.93. The smallest absolute Gasteiger partial charge is 0.338 e. The third-order valence-corrected chi connectivity index (χ3v) is 3.29. The Balaban J connectivity index is 2.14. The van der Waals surface area contributed by atoms with Gasteiger partial charge in [-0.2, -0.15) is 0 Å². The van der Waals surface area contributed by atoms with Crippen molar-refractivity contribution >= 4 is 22.8 Å². The maximum atomic E-state index is 12.3. The average Bonchev–Trinajstić information content (AvgIpc) is 2.52. The molecule has 1 N–H and O–H groups in total. The minimum atomic E-state index is -0.406. The monoisotopic (exact) mass is 316 g/mol. The van der Waals surface area contributed by atoms with E-state index in [2.05, 4.69) is 10.3 Å². The third-order valence-electron chi connectivity index (χ3n) is 3.29. The second-order valence-electron chi connectivity index (χ2n) is 5.17. The van der Waals surface area contributed by atoms with E-state index < -0.39 is 5.97 Å². The predicted octanol–water partition coefficient (Wildman–Crippen LogP) is 2.23. The van der Waals surface area contributed by atoms with Crippen LogP contribution in [0.4, 0.5) is 0 Å². The SMILES string of the molecule is COc1ccc2nc(C)cc(C(=O)OCCCNC(C)=O)c2c1. The lowest BCUT2D eigenvalue weighted by molar-refractivity contribution is -0.118. The summed E-state index contributed by atoms with van der Waals surface area (Å²) in [7, 11) is 1.57. The molecule has 0 atom stereocenters. The molecule has 6 nitrogen and oxygen atoms in total. The van der Waals surface area contributed by atoms with Gasteiger partial charge in [0.2, 0.25) is 5.91 Å². The number of amides is 1. The number of hydrogen-bond donors (Lipinski definition) is 1. The lowest BCUT2D eigenvalue weighted by Gasteiger charge is -2.10. The Labute approximate surface area is 134 Å². The topological polar surface area (TPSA) is 77.5 Å². The Kier molecular flexibility index (Phi) is 5.51. The number of methoxy groups -OCH3 is 1. The Morgan fingerprint density at radius 2 is 2.04 bits per heavy atom. The van der Waals surface area contributed by atoms with E-state index >= 15 is 0 Å². The number of ether oxygens (including phenoxy) is 2. The number of benzene rings is 1. The standard InChI is InChI=1S/C17H20N2O4/c1-11-9-15(17(21)23-8-4-7-18-12(2)20)14-10-13(22-3)5-6-16(14)19-11/h5-6,9-10H,4,7-8H2,1-3H3,(H,18,20). The molecule has 0 spiro atoms. The summed E-state index contributed by atoms with van der Waals surface area (Å²) in [6.45, 7) is 4.00. The Hall–Kier alpha value is -2.63. The van der Waals surface area contributed by atoms with Gasteiger partial charge in [0.25, 0.3) is 0 Å². The maximum Gasteiger partial charge on any atom is 0.338 e. The first-order valence-electron chi connectivity index (χ1n) is 7.38. The van der Waals surface area contributed by atoms with E-state index in [9.17, 15) is 9.59 Å². The molecule has 0 saturated heterocycles. The van der Waals surface area contributed by atoms with Gasteiger partial charge in [-0.1, -0.05) is 0 Å². The summed E-state index contributed by atoms with van der Waals surface area (Å²) < 4.78 is 10.5. The zero-order valence-corrected chi connectivity index (χ0v) is 13.5. The van der Waals surface area contributed by atoms with E-state index in [4.69, 9.17) is 9.47 Å². The van der Waals surface area contributed by atoms with Gasteiger partial charge in [-0.15, -0.1) is 0 Å². The van der Waals surface area contributed by atoms with Crippen molar-refractivity contribution in [1.29, 1.82) is 0 Å². The number of esters is 1. The number of pyridine rings is 1. The van der Waals surface area contributed by atoms with Crippen molar-refractivity contribution in [3.63, 3.8) is 0 Å². The van der Waals surface area contributed by atoms with Gasteiger partial charge < -0.3 is 14.8 Å². The molecule has 1 amide bonds. The van der Waals surface area contributed by atoms with Crippen LogP contribution < -0.4 is 10.1 Å². The van der Waals surface area contributed by atoms with Crippen LogP contribution >= 0.6 is 0 Å². The van der Waals surface area contributed by atoms with Crippen LogP contribution in [-0.2, 0) is 9.53 Å². The number of hydrogen-bond acceptors (Lipinski definition) is 5. The molecule has 6 heteroatoms. The molecular formula is C17H20N2O4. The minimum absolute atomic E-state index is 0.0980. The van der Waals surface area contributed by atoms with Gasteiger partial charge in [-0.25, -0.2) is 4.79 Å². The molecule has 0 aliphatic carbocycles. The quantitative estimate of drug-likeness (QED) is 0.653. The van der Waals surface area contributed by atoms with Crippen molar-refractivity contribution in [2.45, 2.75) is 20.3 Å². The van der Waals surface area contributed by atoms with E-state index in [-0.39, 0.29) is 12.5 Å². The summed E-state index contributed by atoms with van der Waals surface area (Å²) in [5, 5.41) is 3.35. The van der Waals surface area contributed by atoms with Gasteiger partial charge >= 0.3 is 5.97 Å². The summed E-state index contributed by atoms with van der Waals surface area (Å²) in [6, 6.07) is 7.10. The van der Waals surface area contributed by atoms with Crippen LogP contribution in [-0.4, -0.2) is 37.1 Å². The zero-order valence-electron chi connectivity index (χ0n) is 13.5. The van der Waals surface area contributed by atoms with Gasteiger partial charge in [0, 0.05) is 24.5 Å². The van der Waals surface area contributed by atoms with Crippen molar-refractivity contribution in [3.8, 4) is 5.75 Å². The zero-order chi connectivity index (χ0) is 16.8. The molecule has 1 aromatic carbocycles. The van der Waals surface area contributed by atoms with Crippen LogP contribution in [0, 0.1) is 6.92 Å². The number of nitrogens with zero attached hydrogens (tertiary/aromatic N) is 1. The molecule has 0 aliphatic heterocycles. The fourth-order valence-corrected chi connectivity index (χ4v) is 2.21. The molecule has 0 radical (unpaired) electrons. The molecule has 0 saturated carbocycles. The summed E-state index contributed by atoms with van der Waals surface area (Å²) in [5.74, 6) is 0.151. The number of nitrogens with one attached hydrogen (secondary N) is 1. The highest BCUT2D eigenvalue weighted by Crippen LogP contribution is 2.24. The Morgan fingerprint density at radius 1 is 1.26 bits per heavy atom. The fraction of sp³-hybridized carbons (Fsp3) is 0.353. The first-order chi connectivity index (χ1) is 11.0. The Morgan fingerprint density at radius 3 is 2.74 bits per heavy atom. The van der Waals surface area contributed by atoms with Crippen LogP contribution in [0.25, 0.3) is 10.9 Å². The number of aryl methyl sites for hydroxylation is 1. The predicted molar refractivity (Wildman–Crippen MR) is 86.6 cm³/mol. The van der Waals surface area contributed by atoms with Crippen molar-refractivity contribution < 1.29 is 19.1 Å². The highest BCUT2D eigenvalue weighted by molar-refractivity contribution is 6.03. The molecule has 23 heavy (non-hydrogen) atoms. The number of aromatic nitrogens is 1. The van der Waals surface area contributed by atoms with Crippen LogP contribution in [0.5, 0.6) is 5.75 Å². The first-order valence-corrected chi connectivity index (χ1v) is 7.38. The highest BCUT2D eigenvalue weighted by Gasteiger charge is 2.14. The lowest BCUT2D eigenvalue weighted by Crippen LogP contribution is -2.22. The summed E-state index contributed by atoms with van der Waals surface area (Å²) in [4.78, 5) is 27.5. The maximum absolute atomic E-state index is 12.3. The van der Waals surface area contributed by atoms with E-state index in [0.717, 1.165) is 11.2 Å². The van der Waals surface area contributed by atoms with E-state index in [1.165, 1.54) is 6.92 Å². The number of fused-ring (bicyclic) bond motifs is 1. The van der Waals surface area contributed by atoms with E-state index in [0.29, 0.717) is 29.7 Å². The van der Waals surface area contributed by atoms with Crippen molar-refractivity contribution in [2.75, 3.05) is 20.3 Å². The molecule has 2 aromatic rings. The molecule has 0 aliphatic rings. The van der Waals surface area contributed by atoms with Gasteiger partial charge in [0.15, 0.2) is 0 Å². The Bertz CT molecular complexity index is 728. The summed E-state index contributed by atoms with van der Waals surface area (Å²) in [6.07, 6.45) is 0.566. The van der Waals surface area contributed by atoms with Gasteiger partial charge in [-0.05, 0) is 37.6 Å². The number of carbonyl (C=O) groups is 2. The van der Waals surface area contributed by atoms with Crippen LogP contribution in [0.15, 0.2) is 24.3 Å². The van der Waals surface area contributed by atoms with Crippen molar-refractivity contribution in [2.24, 2.45) is 0 Å². The molecule has 0 unspecified atom stereocenters. The van der Waals surface area contributed by atoms with E-state index in [1.807, 2.05) is 13.0 Å². The fourth-order valence-electron chi connectivity index (χ4n) is 2.21. The molecule has 2 rings (SSSR count). The van der Waals surface area contributed by atoms with Crippen molar-refractivity contribution in [3.05, 3.63) is 35.5 Å². The highest BCUT2D eigenvalue weighted by atomic mass is 16.5. The molecule has 0 bridgehead atoms. The average molecular weight is 316 g/mol. The molecule has 0 fully saturated rings. The van der Waals surface area contributed by atoms with E-state index in [1.54, 1.807) is 25.3 Å². The molecule has 1 heterocycles. The number of rotatable bonds is 6. The second-order valence-corrected chi connectivity index (χ2v) is 5.17. The van der Waals surface area contributed by atoms with Crippen molar-refractivity contribution in [1.82, 2.24) is 10.3 Å². The number of carbonyl (C=O) groups excluding carboxylic acids is 2. The summed E-state index contributed by atoms with van der Waals surface area (Å²) >= 11 is 0. The van der Waals surface area contributed by atoms with Crippen LogP contribution in [0.1, 0.15) is 29.4 Å². The van der Waals surface area contributed by atoms with Gasteiger partial charge in [-0.3, -0.25) is 9.78 Å². The van der Waals surface area contributed by atoms with Crippen LogP contribution in [0.3, 0.4) is 0 Å². The normalized spacial score (nSPS) is 10.4. The second kappa shape index (κ2) is 7.58. The molecular weight excluding hydrogens is 296 g/mol. The molecule has 122 valence electrons. The third kappa shape index (κ3) is 4.42. The largest absolute Gasteiger partial charge is 0.497 e. The van der Waals surface area contributed by atoms with Crippen LogP contribution in [0.2, 0.25) is 0 Å². The first kappa shape index (κ1) is 16.7.